The Balaban J connectivity index is 1.78. The second kappa shape index (κ2) is 6.43. The molecule has 0 aliphatic carbocycles. The average molecular weight is 314 g/mol. The van der Waals surface area contributed by atoms with Crippen molar-refractivity contribution < 1.29 is 17.6 Å². The van der Waals surface area contributed by atoms with Crippen molar-refractivity contribution >= 4 is 15.9 Å². The summed E-state index contributed by atoms with van der Waals surface area (Å²) in [4.78, 5) is 11.6. The largest absolute Gasteiger partial charge is 0.337 e. The zero-order valence-electron chi connectivity index (χ0n) is 11.9. The third-order valence-electron chi connectivity index (χ3n) is 3.64. The summed E-state index contributed by atoms with van der Waals surface area (Å²) in [6.07, 6.45) is 1.24. The lowest BCUT2D eigenvalue weighted by Gasteiger charge is -2.12. The number of nitrogens with one attached hydrogen (secondary N) is 2. The molecule has 1 aliphatic rings. The lowest BCUT2D eigenvalue weighted by Crippen LogP contribution is -2.40. The average Bonchev–Trinajstić information content (AvgIpc) is 2.76. The van der Waals surface area contributed by atoms with E-state index < -0.39 is 21.1 Å². The lowest BCUT2D eigenvalue weighted by molar-refractivity contribution is 0.240. The van der Waals surface area contributed by atoms with E-state index in [0.29, 0.717) is 24.0 Å². The van der Waals surface area contributed by atoms with E-state index in [1.165, 1.54) is 6.07 Å². The Morgan fingerprint density at radius 3 is 2.76 bits per heavy atom. The highest BCUT2D eigenvalue weighted by Crippen LogP contribution is 2.18. The SMILES string of the molecule is Cc1ccc(CNC(=O)NC[C@H]2CCCS2(=O)=O)cc1F. The fourth-order valence-corrected chi connectivity index (χ4v) is 4.05. The van der Waals surface area contributed by atoms with Crippen LogP contribution < -0.4 is 10.6 Å². The number of aryl methyl sites for hydroxylation is 1. The molecular weight excluding hydrogens is 295 g/mol. The highest BCUT2D eigenvalue weighted by Gasteiger charge is 2.31. The molecule has 0 saturated carbocycles. The molecule has 0 spiro atoms. The molecule has 2 N–H and O–H groups in total. The van der Waals surface area contributed by atoms with Crippen molar-refractivity contribution in [3.05, 3.63) is 35.1 Å². The van der Waals surface area contributed by atoms with Crippen LogP contribution in [0.3, 0.4) is 0 Å². The monoisotopic (exact) mass is 314 g/mol. The molecule has 1 saturated heterocycles. The Morgan fingerprint density at radius 1 is 1.38 bits per heavy atom. The van der Waals surface area contributed by atoms with Gasteiger partial charge in [0, 0.05) is 13.1 Å². The maximum Gasteiger partial charge on any atom is 0.315 e. The van der Waals surface area contributed by atoms with Crippen LogP contribution in [0, 0.1) is 12.7 Å². The number of rotatable bonds is 4. The van der Waals surface area contributed by atoms with Gasteiger partial charge in [0.2, 0.25) is 0 Å². The molecule has 1 heterocycles. The molecule has 0 bridgehead atoms. The number of carbonyl (C=O) groups is 1. The van der Waals surface area contributed by atoms with Crippen molar-refractivity contribution in [3.63, 3.8) is 0 Å². The van der Waals surface area contributed by atoms with Crippen LogP contribution in [0.4, 0.5) is 9.18 Å². The van der Waals surface area contributed by atoms with Gasteiger partial charge >= 0.3 is 6.03 Å². The Kier molecular flexibility index (Phi) is 4.82. The summed E-state index contributed by atoms with van der Waals surface area (Å²) in [5.74, 6) is -0.115. The first-order chi connectivity index (χ1) is 9.88. The van der Waals surface area contributed by atoms with Gasteiger partial charge in [0.05, 0.1) is 11.0 Å². The molecule has 1 atom stereocenters. The molecule has 1 aromatic rings. The standard InChI is InChI=1S/C14H19FN2O3S/c1-10-4-5-11(7-13(10)15)8-16-14(18)17-9-12-3-2-6-21(12,19)20/h4-5,7,12H,2-3,6,8-9H2,1H3,(H2,16,17,18)/t12-/m1/s1. The highest BCUT2D eigenvalue weighted by molar-refractivity contribution is 7.92. The van der Waals surface area contributed by atoms with Crippen molar-refractivity contribution in [1.29, 1.82) is 0 Å². The summed E-state index contributed by atoms with van der Waals surface area (Å²) in [6.45, 7) is 1.98. The molecule has 1 aliphatic heterocycles. The van der Waals surface area contributed by atoms with Crippen molar-refractivity contribution in [2.45, 2.75) is 31.6 Å². The molecule has 0 aromatic heterocycles. The first-order valence-electron chi connectivity index (χ1n) is 6.87. The van der Waals surface area contributed by atoms with Gasteiger partial charge in [0.1, 0.15) is 5.82 Å². The number of hydrogen-bond acceptors (Lipinski definition) is 3. The van der Waals surface area contributed by atoms with E-state index >= 15 is 0 Å². The summed E-state index contributed by atoms with van der Waals surface area (Å²) in [5.41, 5.74) is 1.20. The zero-order valence-corrected chi connectivity index (χ0v) is 12.7. The van der Waals surface area contributed by atoms with Crippen LogP contribution in [0.5, 0.6) is 0 Å². The summed E-state index contributed by atoms with van der Waals surface area (Å²) in [7, 11) is -3.05. The molecule has 7 heteroatoms. The maximum absolute atomic E-state index is 13.3. The van der Waals surface area contributed by atoms with Gasteiger partial charge < -0.3 is 10.6 Å². The number of carbonyl (C=O) groups excluding carboxylic acids is 1. The van der Waals surface area contributed by atoms with Gasteiger partial charge in [-0.2, -0.15) is 0 Å². The van der Waals surface area contributed by atoms with Crippen LogP contribution in [0.15, 0.2) is 18.2 Å². The normalized spacial score (nSPS) is 20.2. The molecule has 0 unspecified atom stereocenters. The van der Waals surface area contributed by atoms with Crippen molar-refractivity contribution in [3.8, 4) is 0 Å². The van der Waals surface area contributed by atoms with Crippen molar-refractivity contribution in [2.24, 2.45) is 0 Å². The van der Waals surface area contributed by atoms with Crippen LogP contribution in [0.25, 0.3) is 0 Å². The van der Waals surface area contributed by atoms with Gasteiger partial charge in [0.15, 0.2) is 9.84 Å². The molecule has 1 aromatic carbocycles. The van der Waals surface area contributed by atoms with E-state index in [1.54, 1.807) is 19.1 Å². The molecule has 5 nitrogen and oxygen atoms in total. The second-order valence-corrected chi connectivity index (χ2v) is 7.68. The fourth-order valence-electron chi connectivity index (χ4n) is 2.29. The Bertz CT molecular complexity index is 631. The molecule has 2 amide bonds. The second-order valence-electron chi connectivity index (χ2n) is 5.28. The quantitative estimate of drug-likeness (QED) is 0.884. The van der Waals surface area contributed by atoms with Gasteiger partial charge in [-0.25, -0.2) is 17.6 Å². The smallest absolute Gasteiger partial charge is 0.315 e. The van der Waals surface area contributed by atoms with E-state index in [1.807, 2.05) is 0 Å². The molecule has 0 radical (unpaired) electrons. The predicted octanol–water partition coefficient (Wildman–Crippen LogP) is 1.51. The lowest BCUT2D eigenvalue weighted by atomic mass is 10.1. The minimum atomic E-state index is -3.05. The van der Waals surface area contributed by atoms with Gasteiger partial charge in [-0.15, -0.1) is 0 Å². The molecule has 2 rings (SSSR count). The van der Waals surface area contributed by atoms with Crippen LogP contribution in [0.1, 0.15) is 24.0 Å². The molecule has 1 fully saturated rings. The van der Waals surface area contributed by atoms with Gasteiger partial charge in [0.25, 0.3) is 0 Å². The van der Waals surface area contributed by atoms with Gasteiger partial charge in [-0.3, -0.25) is 0 Å². The van der Waals surface area contributed by atoms with Crippen LogP contribution in [0.2, 0.25) is 0 Å². The van der Waals surface area contributed by atoms with E-state index in [0.717, 1.165) is 0 Å². The van der Waals surface area contributed by atoms with E-state index in [-0.39, 0.29) is 24.7 Å². The minimum absolute atomic E-state index is 0.121. The number of halogens is 1. The highest BCUT2D eigenvalue weighted by atomic mass is 32.2. The van der Waals surface area contributed by atoms with E-state index in [2.05, 4.69) is 10.6 Å². The Morgan fingerprint density at radius 2 is 2.14 bits per heavy atom. The van der Waals surface area contributed by atoms with E-state index in [9.17, 15) is 17.6 Å². The number of sulfone groups is 1. The van der Waals surface area contributed by atoms with E-state index in [4.69, 9.17) is 0 Å². The van der Waals surface area contributed by atoms with Crippen LogP contribution in [-0.4, -0.2) is 32.0 Å². The fraction of sp³-hybridized carbons (Fsp3) is 0.500. The number of amides is 2. The third kappa shape index (κ3) is 4.17. The summed E-state index contributed by atoms with van der Waals surface area (Å²) in [6, 6.07) is 4.31. The topological polar surface area (TPSA) is 75.3 Å². The third-order valence-corrected chi connectivity index (χ3v) is 5.92. The first kappa shape index (κ1) is 15.8. The molecule has 21 heavy (non-hydrogen) atoms. The van der Waals surface area contributed by atoms with Gasteiger partial charge in [-0.05, 0) is 37.0 Å². The zero-order chi connectivity index (χ0) is 15.5. The summed E-state index contributed by atoms with van der Waals surface area (Å²) >= 11 is 0. The van der Waals surface area contributed by atoms with Crippen LogP contribution >= 0.6 is 0 Å². The first-order valence-corrected chi connectivity index (χ1v) is 8.58. The summed E-state index contributed by atoms with van der Waals surface area (Å²) < 4.78 is 36.6. The Hall–Kier alpha value is -1.63. The number of benzene rings is 1. The van der Waals surface area contributed by atoms with Crippen LogP contribution in [-0.2, 0) is 16.4 Å². The number of urea groups is 1. The maximum atomic E-state index is 13.3. The Labute approximate surface area is 123 Å². The van der Waals surface area contributed by atoms with Crippen molar-refractivity contribution in [2.75, 3.05) is 12.3 Å². The number of hydrogen-bond donors (Lipinski definition) is 2. The van der Waals surface area contributed by atoms with Crippen molar-refractivity contribution in [1.82, 2.24) is 10.6 Å². The molecule has 116 valence electrons. The summed E-state index contributed by atoms with van der Waals surface area (Å²) in [5, 5.41) is 4.65. The van der Waals surface area contributed by atoms with Gasteiger partial charge in [-0.1, -0.05) is 12.1 Å². The molecular formula is C14H19FN2O3S. The minimum Gasteiger partial charge on any atom is -0.337 e. The predicted molar refractivity (Wildman–Crippen MR) is 78.2 cm³/mol.